The Labute approximate surface area is 115 Å². The lowest BCUT2D eigenvalue weighted by Crippen LogP contribution is -2.23. The minimum atomic E-state index is -1.17. The summed E-state index contributed by atoms with van der Waals surface area (Å²) in [7, 11) is 0. The third kappa shape index (κ3) is 2.72. The molecule has 1 unspecified atom stereocenters. The van der Waals surface area contributed by atoms with E-state index in [1.54, 1.807) is 4.90 Å². The van der Waals surface area contributed by atoms with Crippen LogP contribution in [0.4, 0.5) is 11.4 Å². The van der Waals surface area contributed by atoms with E-state index in [9.17, 15) is 20.0 Å². The van der Waals surface area contributed by atoms with E-state index in [1.165, 1.54) is 18.2 Å². The predicted octanol–water partition coefficient (Wildman–Crippen LogP) is 1.50. The first kappa shape index (κ1) is 14.3. The summed E-state index contributed by atoms with van der Waals surface area (Å²) in [4.78, 5) is 23.6. The number of benzene rings is 1. The molecule has 1 saturated heterocycles. The number of para-hydroxylation sites is 1. The van der Waals surface area contributed by atoms with Crippen molar-refractivity contribution < 1.29 is 19.9 Å². The lowest BCUT2D eigenvalue weighted by molar-refractivity contribution is -0.384. The Hall–Kier alpha value is -2.15. The molecule has 0 bridgehead atoms. The molecule has 0 amide bonds. The van der Waals surface area contributed by atoms with Gasteiger partial charge in [-0.1, -0.05) is 6.07 Å². The van der Waals surface area contributed by atoms with Gasteiger partial charge in [0.15, 0.2) is 0 Å². The molecule has 1 heterocycles. The molecule has 1 aromatic rings. The van der Waals surface area contributed by atoms with Crippen LogP contribution < -0.4 is 4.90 Å². The Kier molecular flexibility index (Phi) is 4.19. The molecule has 0 spiro atoms. The van der Waals surface area contributed by atoms with E-state index in [-0.39, 0.29) is 29.5 Å². The molecule has 1 atom stereocenters. The average molecular weight is 280 g/mol. The van der Waals surface area contributed by atoms with Crippen molar-refractivity contribution in [3.63, 3.8) is 0 Å². The number of hydrogen-bond donors (Lipinski definition) is 2. The van der Waals surface area contributed by atoms with Crippen LogP contribution in [-0.4, -0.2) is 40.8 Å². The van der Waals surface area contributed by atoms with Gasteiger partial charge in [-0.3, -0.25) is 10.1 Å². The Balaban J connectivity index is 2.39. The Morgan fingerprint density at radius 2 is 2.25 bits per heavy atom. The van der Waals surface area contributed by atoms with Gasteiger partial charge in [-0.25, -0.2) is 4.79 Å². The molecule has 20 heavy (non-hydrogen) atoms. The summed E-state index contributed by atoms with van der Waals surface area (Å²) < 4.78 is 0. The molecule has 7 nitrogen and oxygen atoms in total. The fourth-order valence-corrected chi connectivity index (χ4v) is 2.64. The minimum absolute atomic E-state index is 0.0520. The molecule has 108 valence electrons. The first-order chi connectivity index (χ1) is 9.54. The molecule has 2 N–H and O–H groups in total. The van der Waals surface area contributed by atoms with Gasteiger partial charge in [0.25, 0.3) is 5.69 Å². The molecule has 0 radical (unpaired) electrons. The number of aliphatic hydroxyl groups excluding tert-OH is 1. The summed E-state index contributed by atoms with van der Waals surface area (Å²) in [6, 6.07) is 4.08. The summed E-state index contributed by atoms with van der Waals surface area (Å²) in [5.41, 5.74) is -0.0659. The highest BCUT2D eigenvalue weighted by atomic mass is 16.6. The van der Waals surface area contributed by atoms with Gasteiger partial charge in [0, 0.05) is 25.8 Å². The van der Waals surface area contributed by atoms with Crippen LogP contribution in [0, 0.1) is 16.0 Å². The number of aromatic carboxylic acids is 1. The van der Waals surface area contributed by atoms with E-state index in [1.807, 2.05) is 0 Å². The lowest BCUT2D eigenvalue weighted by atomic mass is 10.1. The topological polar surface area (TPSA) is 104 Å². The highest BCUT2D eigenvalue weighted by molar-refractivity contribution is 5.97. The maximum absolute atomic E-state index is 11.3. The van der Waals surface area contributed by atoms with Crippen LogP contribution in [0.15, 0.2) is 18.2 Å². The van der Waals surface area contributed by atoms with Crippen LogP contribution >= 0.6 is 0 Å². The van der Waals surface area contributed by atoms with Crippen LogP contribution in [0.1, 0.15) is 23.2 Å². The van der Waals surface area contributed by atoms with Crippen molar-refractivity contribution in [2.75, 3.05) is 24.6 Å². The summed E-state index contributed by atoms with van der Waals surface area (Å²) in [5.74, 6) is -0.934. The SMILES string of the molecule is O=C(O)c1cccc([N+](=O)[O-])c1N1CCC(CCO)C1. The van der Waals surface area contributed by atoms with Crippen LogP contribution in [0.5, 0.6) is 0 Å². The fraction of sp³-hybridized carbons (Fsp3) is 0.462. The van der Waals surface area contributed by atoms with Crippen molar-refractivity contribution in [1.29, 1.82) is 0 Å². The molecule has 0 aliphatic carbocycles. The van der Waals surface area contributed by atoms with Crippen molar-refractivity contribution in [2.24, 2.45) is 5.92 Å². The summed E-state index contributed by atoms with van der Waals surface area (Å²) in [6.07, 6.45) is 1.42. The molecular formula is C13H16N2O5. The second-order valence-electron chi connectivity index (χ2n) is 4.85. The van der Waals surface area contributed by atoms with Gasteiger partial charge in [-0.2, -0.15) is 0 Å². The number of carboxylic acid groups (broad SMARTS) is 1. The Bertz CT molecular complexity index is 499. The smallest absolute Gasteiger partial charge is 0.338 e. The quantitative estimate of drug-likeness (QED) is 0.625. The number of nitrogens with zero attached hydrogens (tertiary/aromatic N) is 2. The molecule has 1 aliphatic rings. The maximum Gasteiger partial charge on any atom is 0.338 e. The number of carbonyl (C=O) groups is 1. The summed E-state index contributed by atoms with van der Waals surface area (Å²) in [5, 5.41) is 29.3. The van der Waals surface area contributed by atoms with Gasteiger partial charge in [-0.05, 0) is 24.8 Å². The molecule has 1 fully saturated rings. The second-order valence-corrected chi connectivity index (χ2v) is 4.85. The first-order valence-corrected chi connectivity index (χ1v) is 6.41. The maximum atomic E-state index is 11.3. The largest absolute Gasteiger partial charge is 0.478 e. The molecule has 1 aromatic carbocycles. The molecule has 0 aromatic heterocycles. The van der Waals surface area contributed by atoms with Crippen molar-refractivity contribution in [2.45, 2.75) is 12.8 Å². The lowest BCUT2D eigenvalue weighted by Gasteiger charge is -2.20. The van der Waals surface area contributed by atoms with Crippen LogP contribution in [0.2, 0.25) is 0 Å². The van der Waals surface area contributed by atoms with Gasteiger partial charge in [0.1, 0.15) is 5.69 Å². The van der Waals surface area contributed by atoms with E-state index < -0.39 is 10.9 Å². The third-order valence-corrected chi connectivity index (χ3v) is 3.58. The van der Waals surface area contributed by atoms with Crippen molar-refractivity contribution in [1.82, 2.24) is 0 Å². The minimum Gasteiger partial charge on any atom is -0.478 e. The number of hydrogen-bond acceptors (Lipinski definition) is 5. The van der Waals surface area contributed by atoms with E-state index in [0.717, 1.165) is 6.42 Å². The highest BCUT2D eigenvalue weighted by Gasteiger charge is 2.31. The van der Waals surface area contributed by atoms with Crippen LogP contribution in [-0.2, 0) is 0 Å². The molecule has 0 saturated carbocycles. The normalized spacial score (nSPS) is 18.2. The predicted molar refractivity (Wildman–Crippen MR) is 72.1 cm³/mol. The third-order valence-electron chi connectivity index (χ3n) is 3.58. The number of rotatable bonds is 5. The number of aliphatic hydroxyl groups is 1. The zero-order valence-electron chi connectivity index (χ0n) is 10.9. The van der Waals surface area contributed by atoms with Crippen LogP contribution in [0.3, 0.4) is 0 Å². The van der Waals surface area contributed by atoms with Gasteiger partial charge in [0.05, 0.1) is 10.5 Å². The fourth-order valence-electron chi connectivity index (χ4n) is 2.64. The van der Waals surface area contributed by atoms with E-state index >= 15 is 0 Å². The van der Waals surface area contributed by atoms with E-state index in [2.05, 4.69) is 0 Å². The number of anilines is 1. The van der Waals surface area contributed by atoms with Gasteiger partial charge in [0.2, 0.25) is 0 Å². The van der Waals surface area contributed by atoms with E-state index in [4.69, 9.17) is 5.11 Å². The van der Waals surface area contributed by atoms with Crippen LogP contribution in [0.25, 0.3) is 0 Å². The standard InChI is InChI=1S/C13H16N2O5/c16-7-5-9-4-6-14(8-9)12-10(13(17)18)2-1-3-11(12)15(19)20/h1-3,9,16H,4-8H2,(H,17,18). The zero-order chi connectivity index (χ0) is 14.7. The van der Waals surface area contributed by atoms with Crippen molar-refractivity contribution in [3.8, 4) is 0 Å². The molecule has 1 aliphatic heterocycles. The summed E-state index contributed by atoms with van der Waals surface area (Å²) >= 11 is 0. The highest BCUT2D eigenvalue weighted by Crippen LogP contribution is 2.36. The van der Waals surface area contributed by atoms with Crippen molar-refractivity contribution >= 4 is 17.3 Å². The molecule has 2 rings (SSSR count). The van der Waals surface area contributed by atoms with Gasteiger partial charge >= 0.3 is 5.97 Å². The zero-order valence-corrected chi connectivity index (χ0v) is 10.9. The Morgan fingerprint density at radius 1 is 1.50 bits per heavy atom. The first-order valence-electron chi connectivity index (χ1n) is 6.41. The Morgan fingerprint density at radius 3 is 2.85 bits per heavy atom. The molecule has 7 heteroatoms. The molecular weight excluding hydrogens is 264 g/mol. The van der Waals surface area contributed by atoms with Gasteiger partial charge in [-0.15, -0.1) is 0 Å². The monoisotopic (exact) mass is 280 g/mol. The van der Waals surface area contributed by atoms with Gasteiger partial charge < -0.3 is 15.1 Å². The second kappa shape index (κ2) is 5.87. The number of carboxylic acids is 1. The number of nitro benzene ring substituents is 1. The summed E-state index contributed by atoms with van der Waals surface area (Å²) in [6.45, 7) is 1.17. The van der Waals surface area contributed by atoms with E-state index in [0.29, 0.717) is 19.5 Å². The number of nitro groups is 1. The average Bonchev–Trinajstić information content (AvgIpc) is 2.86. The van der Waals surface area contributed by atoms with Crippen molar-refractivity contribution in [3.05, 3.63) is 33.9 Å².